The Hall–Kier alpha value is -1.87. The standard InChI is InChI=1S/C20H23NO2/c1-21-14-10-11-18(21)19(20(22)23-2)17(12-14)16-9-5-7-13-6-3-4-8-15(13)16/h3-9,14,17-19H,10-12H2,1-2H3/t14-,17+,18+,19+/m0/s1. The lowest BCUT2D eigenvalue weighted by Crippen LogP contribution is -2.49. The molecule has 2 saturated heterocycles. The van der Waals surface area contributed by atoms with Gasteiger partial charge in [-0.25, -0.2) is 0 Å². The zero-order valence-electron chi connectivity index (χ0n) is 13.7. The Morgan fingerprint density at radius 1 is 1.13 bits per heavy atom. The summed E-state index contributed by atoms with van der Waals surface area (Å²) in [6, 6.07) is 15.9. The molecule has 2 fully saturated rings. The summed E-state index contributed by atoms with van der Waals surface area (Å²) in [5.41, 5.74) is 1.31. The van der Waals surface area contributed by atoms with Gasteiger partial charge in [0.05, 0.1) is 13.0 Å². The fourth-order valence-electron chi connectivity index (χ4n) is 4.82. The molecular weight excluding hydrogens is 286 g/mol. The molecule has 0 aromatic heterocycles. The Bertz CT molecular complexity index is 736. The number of methoxy groups -OCH3 is 1. The van der Waals surface area contributed by atoms with Gasteiger partial charge in [0, 0.05) is 18.0 Å². The predicted octanol–water partition coefficient (Wildman–Crippen LogP) is 3.58. The topological polar surface area (TPSA) is 29.5 Å². The van der Waals surface area contributed by atoms with E-state index in [1.807, 2.05) is 0 Å². The van der Waals surface area contributed by atoms with E-state index in [1.54, 1.807) is 0 Å². The summed E-state index contributed by atoms with van der Waals surface area (Å²) < 4.78 is 5.19. The number of hydrogen-bond donors (Lipinski definition) is 0. The van der Waals surface area contributed by atoms with Crippen LogP contribution in [0.25, 0.3) is 10.8 Å². The monoisotopic (exact) mass is 309 g/mol. The molecular formula is C20H23NO2. The summed E-state index contributed by atoms with van der Waals surface area (Å²) in [4.78, 5) is 15.0. The highest BCUT2D eigenvalue weighted by Gasteiger charge is 2.49. The highest BCUT2D eigenvalue weighted by atomic mass is 16.5. The molecule has 2 heterocycles. The maximum Gasteiger partial charge on any atom is 0.310 e. The minimum atomic E-state index is -0.0606. The molecule has 0 aliphatic carbocycles. The molecule has 2 aromatic carbocycles. The van der Waals surface area contributed by atoms with E-state index in [4.69, 9.17) is 4.74 Å². The normalized spacial score (nSPS) is 30.5. The summed E-state index contributed by atoms with van der Waals surface area (Å²) in [6.07, 6.45) is 3.33. The van der Waals surface area contributed by atoms with Gasteiger partial charge in [-0.15, -0.1) is 0 Å². The van der Waals surface area contributed by atoms with Crippen molar-refractivity contribution in [1.82, 2.24) is 4.90 Å². The zero-order chi connectivity index (χ0) is 16.0. The largest absolute Gasteiger partial charge is 0.469 e. The molecule has 4 atom stereocenters. The fraction of sp³-hybridized carbons (Fsp3) is 0.450. The second kappa shape index (κ2) is 5.64. The molecule has 2 aromatic rings. The summed E-state index contributed by atoms with van der Waals surface area (Å²) >= 11 is 0. The van der Waals surface area contributed by atoms with Gasteiger partial charge in [-0.05, 0) is 42.6 Å². The first-order chi connectivity index (χ1) is 11.2. The van der Waals surface area contributed by atoms with Crippen molar-refractivity contribution in [2.45, 2.75) is 37.3 Å². The van der Waals surface area contributed by atoms with Gasteiger partial charge in [-0.1, -0.05) is 42.5 Å². The third-order valence-electron chi connectivity index (χ3n) is 5.96. The second-order valence-corrected chi connectivity index (χ2v) is 6.92. The van der Waals surface area contributed by atoms with Crippen molar-refractivity contribution in [3.05, 3.63) is 48.0 Å². The van der Waals surface area contributed by atoms with Crippen LogP contribution in [-0.4, -0.2) is 37.1 Å². The molecule has 2 aliphatic heterocycles. The van der Waals surface area contributed by atoms with Crippen molar-refractivity contribution in [1.29, 1.82) is 0 Å². The Morgan fingerprint density at radius 3 is 2.74 bits per heavy atom. The Morgan fingerprint density at radius 2 is 1.91 bits per heavy atom. The number of carbonyl (C=O) groups is 1. The van der Waals surface area contributed by atoms with E-state index in [1.165, 1.54) is 29.9 Å². The highest BCUT2D eigenvalue weighted by Crippen LogP contribution is 2.47. The average molecular weight is 309 g/mol. The van der Waals surface area contributed by atoms with Gasteiger partial charge >= 0.3 is 5.97 Å². The van der Waals surface area contributed by atoms with Crippen LogP contribution < -0.4 is 0 Å². The molecule has 4 rings (SSSR count). The number of rotatable bonds is 2. The minimum absolute atomic E-state index is 0.0554. The molecule has 120 valence electrons. The number of esters is 1. The van der Waals surface area contributed by atoms with Crippen molar-refractivity contribution in [3.8, 4) is 0 Å². The molecule has 2 bridgehead atoms. The molecule has 23 heavy (non-hydrogen) atoms. The van der Waals surface area contributed by atoms with E-state index in [2.05, 4.69) is 54.4 Å². The van der Waals surface area contributed by atoms with Gasteiger partial charge in [0.15, 0.2) is 0 Å². The molecule has 0 N–H and O–H groups in total. The lowest BCUT2D eigenvalue weighted by molar-refractivity contribution is -0.150. The maximum atomic E-state index is 12.6. The van der Waals surface area contributed by atoms with Gasteiger partial charge in [0.2, 0.25) is 0 Å². The van der Waals surface area contributed by atoms with Crippen molar-refractivity contribution >= 4 is 16.7 Å². The fourth-order valence-corrected chi connectivity index (χ4v) is 4.82. The molecule has 0 radical (unpaired) electrons. The molecule has 0 spiro atoms. The minimum Gasteiger partial charge on any atom is -0.469 e. The van der Waals surface area contributed by atoms with Crippen LogP contribution in [0.4, 0.5) is 0 Å². The van der Waals surface area contributed by atoms with Crippen LogP contribution in [0, 0.1) is 5.92 Å². The molecule has 3 heteroatoms. The molecule has 0 amide bonds. The quantitative estimate of drug-likeness (QED) is 0.794. The Kier molecular flexibility index (Phi) is 3.61. The van der Waals surface area contributed by atoms with Gasteiger partial charge in [-0.2, -0.15) is 0 Å². The van der Waals surface area contributed by atoms with Gasteiger partial charge < -0.3 is 4.74 Å². The van der Waals surface area contributed by atoms with Crippen molar-refractivity contribution in [2.24, 2.45) is 5.92 Å². The lowest BCUT2D eigenvalue weighted by Gasteiger charge is -2.42. The number of nitrogens with zero attached hydrogens (tertiary/aromatic N) is 1. The lowest BCUT2D eigenvalue weighted by atomic mass is 9.75. The van der Waals surface area contributed by atoms with Gasteiger partial charge in [0.1, 0.15) is 0 Å². The zero-order valence-corrected chi connectivity index (χ0v) is 13.7. The highest BCUT2D eigenvalue weighted by molar-refractivity contribution is 5.87. The van der Waals surface area contributed by atoms with Crippen LogP contribution in [0.5, 0.6) is 0 Å². The van der Waals surface area contributed by atoms with Crippen LogP contribution in [-0.2, 0) is 9.53 Å². The van der Waals surface area contributed by atoms with E-state index in [0.717, 1.165) is 12.8 Å². The summed E-state index contributed by atoms with van der Waals surface area (Å²) in [7, 11) is 3.68. The smallest absolute Gasteiger partial charge is 0.310 e. The van der Waals surface area contributed by atoms with Crippen LogP contribution in [0.3, 0.4) is 0 Å². The summed E-state index contributed by atoms with van der Waals surface area (Å²) in [5, 5.41) is 2.53. The molecule has 2 aliphatic rings. The van der Waals surface area contributed by atoms with Crippen LogP contribution in [0.2, 0.25) is 0 Å². The number of piperidine rings is 1. The van der Waals surface area contributed by atoms with E-state index in [9.17, 15) is 4.79 Å². The van der Waals surface area contributed by atoms with Gasteiger partial charge in [-0.3, -0.25) is 9.69 Å². The molecule has 0 saturated carbocycles. The third-order valence-corrected chi connectivity index (χ3v) is 5.96. The van der Waals surface area contributed by atoms with Gasteiger partial charge in [0.25, 0.3) is 0 Å². The van der Waals surface area contributed by atoms with E-state index >= 15 is 0 Å². The third kappa shape index (κ3) is 2.26. The van der Waals surface area contributed by atoms with Crippen LogP contribution in [0.15, 0.2) is 42.5 Å². The Balaban J connectivity index is 1.83. The van der Waals surface area contributed by atoms with E-state index < -0.39 is 0 Å². The second-order valence-electron chi connectivity index (χ2n) is 6.92. The predicted molar refractivity (Wildman–Crippen MR) is 91.4 cm³/mol. The first-order valence-electron chi connectivity index (χ1n) is 8.48. The average Bonchev–Trinajstić information content (AvgIpc) is 2.83. The number of hydrogen-bond acceptors (Lipinski definition) is 3. The van der Waals surface area contributed by atoms with Crippen molar-refractivity contribution in [2.75, 3.05) is 14.2 Å². The molecule has 0 unspecified atom stereocenters. The number of carbonyl (C=O) groups excluding carboxylic acids is 1. The first kappa shape index (κ1) is 14.7. The number of benzene rings is 2. The van der Waals surface area contributed by atoms with Crippen LogP contribution >= 0.6 is 0 Å². The summed E-state index contributed by atoms with van der Waals surface area (Å²) in [5.74, 6) is 0.136. The SMILES string of the molecule is COC(=O)[C@@H]1[C@@H](c2cccc3ccccc23)C[C@@H]2CC[C@H]1N2C. The molecule has 3 nitrogen and oxygen atoms in total. The van der Waals surface area contributed by atoms with E-state index in [0.29, 0.717) is 12.1 Å². The summed E-state index contributed by atoms with van der Waals surface area (Å²) in [6.45, 7) is 0. The van der Waals surface area contributed by atoms with Crippen LogP contribution in [0.1, 0.15) is 30.7 Å². The van der Waals surface area contributed by atoms with Crippen molar-refractivity contribution < 1.29 is 9.53 Å². The maximum absolute atomic E-state index is 12.6. The van der Waals surface area contributed by atoms with Crippen molar-refractivity contribution in [3.63, 3.8) is 0 Å². The van der Waals surface area contributed by atoms with E-state index in [-0.39, 0.29) is 17.8 Å². The number of ether oxygens (including phenoxy) is 1. The number of fused-ring (bicyclic) bond motifs is 3. The first-order valence-corrected chi connectivity index (χ1v) is 8.48. The Labute approximate surface area is 137 Å².